The zero-order valence-corrected chi connectivity index (χ0v) is 17.7. The van der Waals surface area contributed by atoms with E-state index in [0.29, 0.717) is 29.3 Å². The first-order chi connectivity index (χ1) is 12.7. The topological polar surface area (TPSA) is 84.2 Å². The molecule has 2 amide bonds. The second kappa shape index (κ2) is 10.2. The maximum absolute atomic E-state index is 12.7. The van der Waals surface area contributed by atoms with Crippen LogP contribution in [0.2, 0.25) is 0 Å². The molecule has 0 aromatic heterocycles. The summed E-state index contributed by atoms with van der Waals surface area (Å²) in [5, 5.41) is 5.93. The summed E-state index contributed by atoms with van der Waals surface area (Å²) in [6, 6.07) is 14.3. The van der Waals surface area contributed by atoms with Gasteiger partial charge in [-0.2, -0.15) is 0 Å². The molecule has 0 bridgehead atoms. The van der Waals surface area contributed by atoms with Gasteiger partial charge in [0.2, 0.25) is 0 Å². The molecule has 0 aliphatic heterocycles. The lowest BCUT2D eigenvalue weighted by Crippen LogP contribution is -2.52. The van der Waals surface area contributed by atoms with Gasteiger partial charge in [0, 0.05) is 28.9 Å². The highest BCUT2D eigenvalue weighted by molar-refractivity contribution is 6.05. The van der Waals surface area contributed by atoms with E-state index >= 15 is 0 Å². The molecule has 2 aromatic carbocycles. The highest BCUT2D eigenvalue weighted by atomic mass is 35.5. The molecule has 28 heavy (non-hydrogen) atoms. The van der Waals surface area contributed by atoms with Gasteiger partial charge in [-0.1, -0.05) is 38.1 Å². The number of halogens is 1. The van der Waals surface area contributed by atoms with E-state index in [1.165, 1.54) is 0 Å². The molecule has 0 fully saturated rings. The van der Waals surface area contributed by atoms with Gasteiger partial charge in [0.05, 0.1) is 0 Å². The molecule has 0 radical (unpaired) electrons. The predicted octanol–water partition coefficient (Wildman–Crippen LogP) is 4.16. The molecular weight excluding hydrogens is 374 g/mol. The third-order valence-electron chi connectivity index (χ3n) is 4.51. The van der Waals surface area contributed by atoms with E-state index in [-0.39, 0.29) is 24.2 Å². The standard InChI is InChI=1S/C22H29N3O2.ClH/c1-15(2)13-22(4,14-23)25-21(27)18-11-10-16(3)19(12-18)24-20(26)17-8-6-5-7-9-17;/h5-12,15H,13-14,23H2,1-4H3,(H,24,26)(H,25,27);1H. The fourth-order valence-corrected chi connectivity index (χ4v) is 3.11. The van der Waals surface area contributed by atoms with Crippen molar-refractivity contribution in [2.24, 2.45) is 11.7 Å². The van der Waals surface area contributed by atoms with E-state index in [4.69, 9.17) is 5.73 Å². The van der Waals surface area contributed by atoms with Gasteiger partial charge in [0.1, 0.15) is 0 Å². The number of hydrogen-bond acceptors (Lipinski definition) is 3. The van der Waals surface area contributed by atoms with Crippen LogP contribution in [-0.2, 0) is 0 Å². The predicted molar refractivity (Wildman–Crippen MR) is 117 cm³/mol. The number of aryl methyl sites for hydroxylation is 1. The van der Waals surface area contributed by atoms with E-state index in [1.807, 2.05) is 38.1 Å². The molecule has 0 heterocycles. The maximum atomic E-state index is 12.7. The molecule has 5 nitrogen and oxygen atoms in total. The van der Waals surface area contributed by atoms with Crippen LogP contribution in [-0.4, -0.2) is 23.9 Å². The summed E-state index contributed by atoms with van der Waals surface area (Å²) in [5.41, 5.74) is 8.00. The van der Waals surface area contributed by atoms with Gasteiger partial charge in [0.15, 0.2) is 0 Å². The zero-order chi connectivity index (χ0) is 20.0. The number of anilines is 1. The first-order valence-corrected chi connectivity index (χ1v) is 9.24. The minimum absolute atomic E-state index is 0. The Bertz CT molecular complexity index is 809. The summed E-state index contributed by atoms with van der Waals surface area (Å²) in [4.78, 5) is 25.2. The van der Waals surface area contributed by atoms with Crippen LogP contribution in [0.4, 0.5) is 5.69 Å². The Morgan fingerprint density at radius 2 is 1.68 bits per heavy atom. The van der Waals surface area contributed by atoms with Crippen LogP contribution < -0.4 is 16.4 Å². The monoisotopic (exact) mass is 403 g/mol. The second-order valence-corrected chi connectivity index (χ2v) is 7.67. The van der Waals surface area contributed by atoms with Crippen molar-refractivity contribution in [3.63, 3.8) is 0 Å². The lowest BCUT2D eigenvalue weighted by molar-refractivity contribution is 0.0897. The number of hydrogen-bond donors (Lipinski definition) is 3. The van der Waals surface area contributed by atoms with E-state index in [9.17, 15) is 9.59 Å². The Balaban J connectivity index is 0.00000392. The van der Waals surface area contributed by atoms with Crippen molar-refractivity contribution >= 4 is 29.9 Å². The minimum Gasteiger partial charge on any atom is -0.346 e. The lowest BCUT2D eigenvalue weighted by atomic mass is 9.90. The molecule has 4 N–H and O–H groups in total. The van der Waals surface area contributed by atoms with Gasteiger partial charge in [-0.3, -0.25) is 9.59 Å². The maximum Gasteiger partial charge on any atom is 0.255 e. The Hall–Kier alpha value is -2.37. The molecule has 152 valence electrons. The fraction of sp³-hybridized carbons (Fsp3) is 0.364. The molecule has 2 aromatic rings. The Morgan fingerprint density at radius 1 is 1.04 bits per heavy atom. The summed E-state index contributed by atoms with van der Waals surface area (Å²) in [5.74, 6) is 0.0132. The van der Waals surface area contributed by atoms with Crippen LogP contribution in [0, 0.1) is 12.8 Å². The number of carbonyl (C=O) groups excluding carboxylic acids is 2. The Labute approximate surface area is 173 Å². The molecule has 0 aliphatic rings. The molecule has 0 spiro atoms. The number of carbonyl (C=O) groups is 2. The second-order valence-electron chi connectivity index (χ2n) is 7.67. The smallest absolute Gasteiger partial charge is 0.255 e. The minimum atomic E-state index is -0.469. The molecule has 1 unspecified atom stereocenters. The van der Waals surface area contributed by atoms with Crippen LogP contribution in [0.1, 0.15) is 53.5 Å². The summed E-state index contributed by atoms with van der Waals surface area (Å²) in [7, 11) is 0. The molecule has 0 saturated heterocycles. The van der Waals surface area contributed by atoms with Crippen LogP contribution in [0.3, 0.4) is 0 Å². The fourth-order valence-electron chi connectivity index (χ4n) is 3.11. The van der Waals surface area contributed by atoms with E-state index in [2.05, 4.69) is 24.5 Å². The van der Waals surface area contributed by atoms with Gasteiger partial charge >= 0.3 is 0 Å². The molecule has 0 saturated carbocycles. The van der Waals surface area contributed by atoms with Crippen molar-refractivity contribution in [1.29, 1.82) is 0 Å². The third-order valence-corrected chi connectivity index (χ3v) is 4.51. The van der Waals surface area contributed by atoms with Crippen molar-refractivity contribution in [2.75, 3.05) is 11.9 Å². The third kappa shape index (κ3) is 6.36. The largest absolute Gasteiger partial charge is 0.346 e. The molecule has 0 aliphatic carbocycles. The SMILES string of the molecule is Cc1ccc(C(=O)NC(C)(CN)CC(C)C)cc1NC(=O)c1ccccc1.Cl. The number of rotatable bonds is 7. The normalized spacial score (nSPS) is 12.6. The van der Waals surface area contributed by atoms with Crippen LogP contribution >= 0.6 is 12.4 Å². The number of nitrogens with one attached hydrogen (secondary N) is 2. The number of nitrogens with two attached hydrogens (primary N) is 1. The van der Waals surface area contributed by atoms with Gasteiger partial charge < -0.3 is 16.4 Å². The molecule has 1 atom stereocenters. The average molecular weight is 404 g/mol. The Kier molecular flexibility index (Phi) is 8.66. The highest BCUT2D eigenvalue weighted by Gasteiger charge is 2.26. The van der Waals surface area contributed by atoms with Crippen molar-refractivity contribution < 1.29 is 9.59 Å². The van der Waals surface area contributed by atoms with Crippen molar-refractivity contribution in [1.82, 2.24) is 5.32 Å². The molecule has 6 heteroatoms. The summed E-state index contributed by atoms with van der Waals surface area (Å²) in [6.07, 6.45) is 0.790. The number of amides is 2. The van der Waals surface area contributed by atoms with Crippen LogP contribution in [0.5, 0.6) is 0 Å². The molecular formula is C22H30ClN3O2. The van der Waals surface area contributed by atoms with E-state index in [0.717, 1.165) is 12.0 Å². The van der Waals surface area contributed by atoms with Crippen LogP contribution in [0.25, 0.3) is 0 Å². The summed E-state index contributed by atoms with van der Waals surface area (Å²) < 4.78 is 0. The van der Waals surface area contributed by atoms with Crippen molar-refractivity contribution in [3.8, 4) is 0 Å². The first-order valence-electron chi connectivity index (χ1n) is 9.24. The summed E-state index contributed by atoms with van der Waals surface area (Å²) >= 11 is 0. The Morgan fingerprint density at radius 3 is 2.25 bits per heavy atom. The van der Waals surface area contributed by atoms with Gasteiger partial charge in [-0.15, -0.1) is 12.4 Å². The van der Waals surface area contributed by atoms with Crippen LogP contribution in [0.15, 0.2) is 48.5 Å². The average Bonchev–Trinajstić information content (AvgIpc) is 2.63. The van der Waals surface area contributed by atoms with Crippen molar-refractivity contribution in [3.05, 3.63) is 65.2 Å². The molecule has 2 rings (SSSR count). The lowest BCUT2D eigenvalue weighted by Gasteiger charge is -2.31. The van der Waals surface area contributed by atoms with Crippen molar-refractivity contribution in [2.45, 2.75) is 39.7 Å². The van der Waals surface area contributed by atoms with Gasteiger partial charge in [-0.05, 0) is 56.0 Å². The van der Waals surface area contributed by atoms with Gasteiger partial charge in [-0.25, -0.2) is 0 Å². The number of benzene rings is 2. The summed E-state index contributed by atoms with van der Waals surface area (Å²) in [6.45, 7) is 8.41. The first kappa shape index (κ1) is 23.7. The zero-order valence-electron chi connectivity index (χ0n) is 16.9. The highest BCUT2D eigenvalue weighted by Crippen LogP contribution is 2.20. The van der Waals surface area contributed by atoms with E-state index in [1.54, 1.807) is 24.3 Å². The van der Waals surface area contributed by atoms with Gasteiger partial charge in [0.25, 0.3) is 11.8 Å². The quantitative estimate of drug-likeness (QED) is 0.648. The van der Waals surface area contributed by atoms with E-state index < -0.39 is 5.54 Å².